The number of hydrogen-bond donors (Lipinski definition) is 1. The van der Waals surface area contributed by atoms with E-state index in [4.69, 9.17) is 11.6 Å². The Morgan fingerprint density at radius 1 is 1.39 bits per heavy atom. The molecule has 2 saturated heterocycles. The Balaban J connectivity index is 1.72. The van der Waals surface area contributed by atoms with E-state index in [9.17, 15) is 9.59 Å². The van der Waals surface area contributed by atoms with Crippen molar-refractivity contribution in [2.24, 2.45) is 5.92 Å². The van der Waals surface area contributed by atoms with Gasteiger partial charge in [-0.3, -0.25) is 9.59 Å². The lowest BCUT2D eigenvalue weighted by Crippen LogP contribution is -2.44. The highest BCUT2D eigenvalue weighted by atomic mass is 35.5. The predicted octanol–water partition coefficient (Wildman–Crippen LogP) is 1.90. The largest absolute Gasteiger partial charge is 0.338 e. The van der Waals surface area contributed by atoms with Crippen LogP contribution in [0, 0.1) is 5.92 Å². The molecule has 2 aliphatic heterocycles. The number of likely N-dealkylation sites (N-methyl/N-ethyl adjacent to an activating group) is 1. The van der Waals surface area contributed by atoms with Gasteiger partial charge in [0.05, 0.1) is 16.6 Å². The van der Waals surface area contributed by atoms with Gasteiger partial charge in [0.25, 0.3) is 0 Å². The zero-order valence-corrected chi connectivity index (χ0v) is 14.1. The molecule has 0 spiro atoms. The summed E-state index contributed by atoms with van der Waals surface area (Å²) in [5.41, 5.74) is 0.697. The average Bonchev–Trinajstić information content (AvgIpc) is 3.14. The zero-order valence-electron chi connectivity index (χ0n) is 13.3. The molecule has 0 aliphatic carbocycles. The van der Waals surface area contributed by atoms with Gasteiger partial charge in [0.2, 0.25) is 11.8 Å². The van der Waals surface area contributed by atoms with Crippen LogP contribution in [0.2, 0.25) is 5.02 Å². The first-order valence-electron chi connectivity index (χ1n) is 8.11. The summed E-state index contributed by atoms with van der Waals surface area (Å²) < 4.78 is 0. The molecule has 2 amide bonds. The minimum absolute atomic E-state index is 0.0270. The molecule has 0 saturated carbocycles. The molecule has 1 aromatic carbocycles. The van der Waals surface area contributed by atoms with Gasteiger partial charge in [-0.2, -0.15) is 0 Å². The standard InChI is InChI=1S/C17H22ClN3O2/c1-19-10-13-5-4-8-20(13)17(23)12-9-16(22)21(11-12)15-7-3-2-6-14(15)18/h2-3,6-7,12-13,19H,4-5,8-11H2,1H3/t12-,13+/m1/s1. The van der Waals surface area contributed by atoms with E-state index in [1.54, 1.807) is 11.0 Å². The lowest BCUT2D eigenvalue weighted by Gasteiger charge is -2.27. The molecule has 5 nitrogen and oxygen atoms in total. The van der Waals surface area contributed by atoms with Crippen LogP contribution in [-0.2, 0) is 9.59 Å². The Hall–Kier alpha value is -1.59. The third-order valence-electron chi connectivity index (χ3n) is 4.72. The molecular formula is C17H22ClN3O2. The summed E-state index contributed by atoms with van der Waals surface area (Å²) in [4.78, 5) is 28.8. The van der Waals surface area contributed by atoms with Crippen molar-refractivity contribution in [2.75, 3.05) is 31.6 Å². The van der Waals surface area contributed by atoms with Gasteiger partial charge in [-0.1, -0.05) is 23.7 Å². The second-order valence-electron chi connectivity index (χ2n) is 6.24. The van der Waals surface area contributed by atoms with Crippen LogP contribution in [0.1, 0.15) is 19.3 Å². The number of carbonyl (C=O) groups is 2. The fraction of sp³-hybridized carbons (Fsp3) is 0.529. The van der Waals surface area contributed by atoms with Gasteiger partial charge >= 0.3 is 0 Å². The van der Waals surface area contributed by atoms with Gasteiger partial charge in [0, 0.05) is 32.1 Å². The molecule has 0 radical (unpaired) electrons. The molecule has 2 aliphatic rings. The smallest absolute Gasteiger partial charge is 0.228 e. The van der Waals surface area contributed by atoms with Crippen LogP contribution in [0.25, 0.3) is 0 Å². The van der Waals surface area contributed by atoms with Crippen LogP contribution in [0.3, 0.4) is 0 Å². The molecular weight excluding hydrogens is 314 g/mol. The zero-order chi connectivity index (χ0) is 16.4. The van der Waals surface area contributed by atoms with Gasteiger partial charge in [0.1, 0.15) is 0 Å². The van der Waals surface area contributed by atoms with Crippen molar-refractivity contribution in [3.63, 3.8) is 0 Å². The van der Waals surface area contributed by atoms with Crippen molar-refractivity contribution in [3.05, 3.63) is 29.3 Å². The highest BCUT2D eigenvalue weighted by molar-refractivity contribution is 6.33. The van der Waals surface area contributed by atoms with Gasteiger partial charge in [-0.25, -0.2) is 0 Å². The number of likely N-dealkylation sites (tertiary alicyclic amines) is 1. The molecule has 3 rings (SSSR count). The summed E-state index contributed by atoms with van der Waals surface area (Å²) in [6.07, 6.45) is 2.33. The van der Waals surface area contributed by atoms with E-state index in [2.05, 4.69) is 5.32 Å². The van der Waals surface area contributed by atoms with Gasteiger partial charge in [-0.15, -0.1) is 0 Å². The molecule has 2 fully saturated rings. The second-order valence-corrected chi connectivity index (χ2v) is 6.65. The van der Waals surface area contributed by atoms with Gasteiger partial charge < -0.3 is 15.1 Å². The first kappa shape index (κ1) is 16.3. The van der Waals surface area contributed by atoms with Crippen molar-refractivity contribution < 1.29 is 9.59 Å². The molecule has 0 unspecified atom stereocenters. The lowest BCUT2D eigenvalue weighted by molar-refractivity contribution is -0.136. The van der Waals surface area contributed by atoms with Crippen LogP contribution >= 0.6 is 11.6 Å². The third-order valence-corrected chi connectivity index (χ3v) is 5.04. The fourth-order valence-electron chi connectivity index (χ4n) is 3.58. The molecule has 2 atom stereocenters. The molecule has 23 heavy (non-hydrogen) atoms. The summed E-state index contributed by atoms with van der Waals surface area (Å²) in [6.45, 7) is 2.02. The first-order chi connectivity index (χ1) is 11.1. The maximum absolute atomic E-state index is 12.8. The molecule has 0 aromatic heterocycles. The molecule has 6 heteroatoms. The number of amides is 2. The SMILES string of the molecule is CNC[C@@H]1CCCN1C(=O)[C@@H]1CC(=O)N(c2ccccc2Cl)C1. The van der Waals surface area contributed by atoms with Crippen LogP contribution in [0.15, 0.2) is 24.3 Å². The van der Waals surface area contributed by atoms with Crippen LogP contribution in [0.4, 0.5) is 5.69 Å². The van der Waals surface area contributed by atoms with Gasteiger partial charge in [-0.05, 0) is 32.0 Å². The number of hydrogen-bond acceptors (Lipinski definition) is 3. The number of halogens is 1. The number of nitrogens with one attached hydrogen (secondary N) is 1. The van der Waals surface area contributed by atoms with E-state index in [1.807, 2.05) is 30.1 Å². The maximum Gasteiger partial charge on any atom is 0.228 e. The number of benzene rings is 1. The normalized spacial score (nSPS) is 24.5. The Morgan fingerprint density at radius 2 is 2.17 bits per heavy atom. The highest BCUT2D eigenvalue weighted by Gasteiger charge is 2.40. The molecule has 0 bridgehead atoms. The number of anilines is 1. The van der Waals surface area contributed by atoms with E-state index >= 15 is 0 Å². The van der Waals surface area contributed by atoms with E-state index in [-0.39, 0.29) is 30.2 Å². The van der Waals surface area contributed by atoms with Crippen molar-refractivity contribution in [2.45, 2.75) is 25.3 Å². The predicted molar refractivity (Wildman–Crippen MR) is 90.6 cm³/mol. The summed E-state index contributed by atoms with van der Waals surface area (Å²) in [7, 11) is 1.90. The van der Waals surface area contributed by atoms with Crippen LogP contribution < -0.4 is 10.2 Å². The highest BCUT2D eigenvalue weighted by Crippen LogP contribution is 2.32. The van der Waals surface area contributed by atoms with Gasteiger partial charge in [0.15, 0.2) is 0 Å². The Labute approximate surface area is 141 Å². The number of rotatable bonds is 4. The number of carbonyl (C=O) groups excluding carboxylic acids is 2. The third kappa shape index (κ3) is 3.21. The Morgan fingerprint density at radius 3 is 2.91 bits per heavy atom. The topological polar surface area (TPSA) is 52.7 Å². The van der Waals surface area contributed by atoms with E-state index in [0.717, 1.165) is 25.9 Å². The monoisotopic (exact) mass is 335 g/mol. The molecule has 1 aromatic rings. The Kier molecular flexibility index (Phi) is 4.87. The summed E-state index contributed by atoms with van der Waals surface area (Å²) in [5.74, 6) is -0.192. The first-order valence-corrected chi connectivity index (χ1v) is 8.49. The quantitative estimate of drug-likeness (QED) is 0.914. The molecule has 1 N–H and O–H groups in total. The lowest BCUT2D eigenvalue weighted by atomic mass is 10.1. The van der Waals surface area contributed by atoms with E-state index < -0.39 is 0 Å². The second kappa shape index (κ2) is 6.89. The minimum atomic E-state index is -0.267. The summed E-state index contributed by atoms with van der Waals surface area (Å²) in [5, 5.41) is 3.69. The van der Waals surface area contributed by atoms with Crippen LogP contribution in [-0.4, -0.2) is 49.4 Å². The number of nitrogens with zero attached hydrogens (tertiary/aromatic N) is 2. The molecule has 2 heterocycles. The Bertz CT molecular complexity index is 607. The van der Waals surface area contributed by atoms with Crippen molar-refractivity contribution in [1.82, 2.24) is 10.2 Å². The van der Waals surface area contributed by atoms with Crippen molar-refractivity contribution in [3.8, 4) is 0 Å². The summed E-state index contributed by atoms with van der Waals surface area (Å²) >= 11 is 6.19. The van der Waals surface area contributed by atoms with E-state index in [1.165, 1.54) is 0 Å². The number of para-hydroxylation sites is 1. The average molecular weight is 336 g/mol. The maximum atomic E-state index is 12.8. The van der Waals surface area contributed by atoms with Crippen LogP contribution in [0.5, 0.6) is 0 Å². The fourth-order valence-corrected chi connectivity index (χ4v) is 3.82. The minimum Gasteiger partial charge on any atom is -0.338 e. The summed E-state index contributed by atoms with van der Waals surface area (Å²) in [6, 6.07) is 7.53. The molecule has 124 valence electrons. The van der Waals surface area contributed by atoms with Crippen molar-refractivity contribution >= 4 is 29.1 Å². The van der Waals surface area contributed by atoms with E-state index in [0.29, 0.717) is 17.3 Å². The van der Waals surface area contributed by atoms with Crippen molar-refractivity contribution in [1.29, 1.82) is 0 Å².